The van der Waals surface area contributed by atoms with Gasteiger partial charge in [0.2, 0.25) is 0 Å². The first-order valence-corrected chi connectivity index (χ1v) is 8.11. The summed E-state index contributed by atoms with van der Waals surface area (Å²) in [5.41, 5.74) is 6.99. The maximum absolute atomic E-state index is 12.4. The molecule has 0 aliphatic rings. The van der Waals surface area contributed by atoms with Crippen LogP contribution >= 0.6 is 12.4 Å². The lowest BCUT2D eigenvalue weighted by molar-refractivity contribution is -0.384. The Bertz CT molecular complexity index is 745. The van der Waals surface area contributed by atoms with Crippen LogP contribution in [-0.4, -0.2) is 45.1 Å². The zero-order valence-corrected chi connectivity index (χ0v) is 15.8. The van der Waals surface area contributed by atoms with Crippen molar-refractivity contribution in [1.29, 1.82) is 0 Å². The number of nitro groups is 1. The first-order chi connectivity index (χ1) is 11.8. The second-order valence-electron chi connectivity index (χ2n) is 6.34. The first kappa shape index (κ1) is 21.6. The van der Waals surface area contributed by atoms with Crippen LogP contribution in [0.3, 0.4) is 0 Å². The van der Waals surface area contributed by atoms with Gasteiger partial charge in [0.25, 0.3) is 11.6 Å². The molecule has 0 spiro atoms. The summed E-state index contributed by atoms with van der Waals surface area (Å²) in [7, 11) is 1.72. The Morgan fingerprint density at radius 3 is 2.46 bits per heavy atom. The molecule has 142 valence electrons. The minimum atomic E-state index is -0.460. The van der Waals surface area contributed by atoms with E-state index >= 15 is 0 Å². The smallest absolute Gasteiger partial charge is 0.274 e. The SMILES string of the molecule is CC(C)C(N)CCN(C)C(=O)c1ccn(-c2ccc([N+](=O)[O-])cc2)n1.Cl. The molecule has 9 heteroatoms. The standard InChI is InChI=1S/C17H23N5O3.ClH/c1-12(2)15(18)8-10-20(3)17(23)16-9-11-21(19-16)13-4-6-14(7-5-13)22(24)25;/h4-7,9,11-12,15H,8,10,18H2,1-3H3;1H. The van der Waals surface area contributed by atoms with Crippen molar-refractivity contribution in [3.8, 4) is 5.69 Å². The fourth-order valence-corrected chi connectivity index (χ4v) is 2.28. The first-order valence-electron chi connectivity index (χ1n) is 8.11. The van der Waals surface area contributed by atoms with E-state index in [-0.39, 0.29) is 30.0 Å². The van der Waals surface area contributed by atoms with E-state index in [4.69, 9.17) is 5.73 Å². The number of hydrogen-bond acceptors (Lipinski definition) is 5. The number of amides is 1. The number of non-ortho nitro benzene ring substituents is 1. The molecule has 26 heavy (non-hydrogen) atoms. The average Bonchev–Trinajstić information content (AvgIpc) is 3.08. The second kappa shape index (κ2) is 9.30. The van der Waals surface area contributed by atoms with Crippen molar-refractivity contribution in [3.05, 3.63) is 52.3 Å². The minimum Gasteiger partial charge on any atom is -0.340 e. The number of nitrogens with two attached hydrogens (primary N) is 1. The summed E-state index contributed by atoms with van der Waals surface area (Å²) in [4.78, 5) is 24.3. The average molecular weight is 382 g/mol. The largest absolute Gasteiger partial charge is 0.340 e. The Morgan fingerprint density at radius 2 is 1.92 bits per heavy atom. The lowest BCUT2D eigenvalue weighted by Crippen LogP contribution is -2.34. The molecule has 1 atom stereocenters. The number of halogens is 1. The van der Waals surface area contributed by atoms with Crippen LogP contribution in [0.25, 0.3) is 5.69 Å². The van der Waals surface area contributed by atoms with Crippen LogP contribution in [-0.2, 0) is 0 Å². The predicted octanol–water partition coefficient (Wildman–Crippen LogP) is 2.65. The van der Waals surface area contributed by atoms with Crippen molar-refractivity contribution in [2.75, 3.05) is 13.6 Å². The molecule has 0 fully saturated rings. The van der Waals surface area contributed by atoms with Gasteiger partial charge in [0.1, 0.15) is 0 Å². The zero-order valence-electron chi connectivity index (χ0n) is 15.0. The normalized spacial score (nSPS) is 11.7. The number of hydrogen-bond donors (Lipinski definition) is 1. The van der Waals surface area contributed by atoms with Crippen LogP contribution in [0.5, 0.6) is 0 Å². The van der Waals surface area contributed by atoms with Gasteiger partial charge in [0.15, 0.2) is 5.69 Å². The lowest BCUT2D eigenvalue weighted by Gasteiger charge is -2.20. The van der Waals surface area contributed by atoms with Gasteiger partial charge in [-0.2, -0.15) is 5.10 Å². The third-order valence-corrected chi connectivity index (χ3v) is 4.13. The van der Waals surface area contributed by atoms with Gasteiger partial charge in [-0.1, -0.05) is 13.8 Å². The van der Waals surface area contributed by atoms with Gasteiger partial charge >= 0.3 is 0 Å². The van der Waals surface area contributed by atoms with Gasteiger partial charge in [-0.25, -0.2) is 4.68 Å². The number of benzene rings is 1. The Kier molecular flexibility index (Phi) is 7.73. The molecule has 0 radical (unpaired) electrons. The van der Waals surface area contributed by atoms with Crippen molar-refractivity contribution in [1.82, 2.24) is 14.7 Å². The summed E-state index contributed by atoms with van der Waals surface area (Å²) in [6, 6.07) is 7.65. The van der Waals surface area contributed by atoms with Crippen LogP contribution in [0.4, 0.5) is 5.69 Å². The van der Waals surface area contributed by atoms with E-state index < -0.39 is 4.92 Å². The molecule has 2 rings (SSSR count). The van der Waals surface area contributed by atoms with Crippen LogP contribution in [0.2, 0.25) is 0 Å². The molecule has 0 bridgehead atoms. The van der Waals surface area contributed by atoms with E-state index in [1.54, 1.807) is 36.3 Å². The summed E-state index contributed by atoms with van der Waals surface area (Å²) < 4.78 is 1.52. The van der Waals surface area contributed by atoms with Gasteiger partial charge in [-0.15, -0.1) is 12.4 Å². The summed E-state index contributed by atoms with van der Waals surface area (Å²) in [6.45, 7) is 4.67. The number of nitrogens with zero attached hydrogens (tertiary/aromatic N) is 4. The molecule has 0 aliphatic carbocycles. The highest BCUT2D eigenvalue weighted by Gasteiger charge is 2.17. The number of carbonyl (C=O) groups is 1. The third-order valence-electron chi connectivity index (χ3n) is 4.13. The summed E-state index contributed by atoms with van der Waals surface area (Å²) in [5, 5.41) is 15.0. The molecule has 2 aromatic rings. The summed E-state index contributed by atoms with van der Waals surface area (Å²) in [6.07, 6.45) is 2.38. The van der Waals surface area contributed by atoms with E-state index in [9.17, 15) is 14.9 Å². The van der Waals surface area contributed by atoms with Crippen LogP contribution in [0.1, 0.15) is 30.8 Å². The quantitative estimate of drug-likeness (QED) is 0.586. The minimum absolute atomic E-state index is 0. The van der Waals surface area contributed by atoms with Crippen molar-refractivity contribution >= 4 is 24.0 Å². The highest BCUT2D eigenvalue weighted by atomic mass is 35.5. The molecular weight excluding hydrogens is 358 g/mol. The molecule has 1 aromatic heterocycles. The van der Waals surface area contributed by atoms with Crippen LogP contribution < -0.4 is 5.73 Å². The molecular formula is C17H24ClN5O3. The van der Waals surface area contributed by atoms with E-state index in [0.717, 1.165) is 6.42 Å². The van der Waals surface area contributed by atoms with Crippen LogP contribution in [0.15, 0.2) is 36.5 Å². The molecule has 1 aromatic carbocycles. The number of aromatic nitrogens is 2. The van der Waals surface area contributed by atoms with Gasteiger partial charge in [0, 0.05) is 38.0 Å². The van der Waals surface area contributed by atoms with Gasteiger partial charge in [-0.3, -0.25) is 14.9 Å². The summed E-state index contributed by atoms with van der Waals surface area (Å²) in [5.74, 6) is 0.182. The number of carbonyl (C=O) groups excluding carboxylic acids is 1. The second-order valence-corrected chi connectivity index (χ2v) is 6.34. The number of rotatable bonds is 7. The Labute approximate surface area is 158 Å². The molecule has 8 nitrogen and oxygen atoms in total. The highest BCUT2D eigenvalue weighted by molar-refractivity contribution is 5.92. The van der Waals surface area contributed by atoms with Crippen molar-refractivity contribution in [2.24, 2.45) is 11.7 Å². The van der Waals surface area contributed by atoms with Crippen molar-refractivity contribution in [3.63, 3.8) is 0 Å². The third kappa shape index (κ3) is 5.27. The highest BCUT2D eigenvalue weighted by Crippen LogP contribution is 2.15. The molecule has 0 aliphatic heterocycles. The Hall–Kier alpha value is -2.45. The lowest BCUT2D eigenvalue weighted by atomic mass is 10.0. The van der Waals surface area contributed by atoms with Gasteiger partial charge in [0.05, 0.1) is 10.6 Å². The van der Waals surface area contributed by atoms with Crippen molar-refractivity contribution < 1.29 is 9.72 Å². The van der Waals surface area contributed by atoms with E-state index in [2.05, 4.69) is 18.9 Å². The Morgan fingerprint density at radius 1 is 1.31 bits per heavy atom. The molecule has 2 N–H and O–H groups in total. The molecule has 0 saturated carbocycles. The zero-order chi connectivity index (χ0) is 18.6. The topological polar surface area (TPSA) is 107 Å². The Balaban J connectivity index is 0.00000338. The maximum Gasteiger partial charge on any atom is 0.274 e. The van der Waals surface area contributed by atoms with Crippen LogP contribution in [0, 0.1) is 16.0 Å². The fraction of sp³-hybridized carbons (Fsp3) is 0.412. The number of nitro benzene ring substituents is 1. The van der Waals surface area contributed by atoms with Crippen molar-refractivity contribution in [2.45, 2.75) is 26.3 Å². The summed E-state index contributed by atoms with van der Waals surface area (Å²) >= 11 is 0. The molecule has 1 unspecified atom stereocenters. The van der Waals surface area contributed by atoms with Gasteiger partial charge < -0.3 is 10.6 Å². The predicted molar refractivity (Wildman–Crippen MR) is 102 cm³/mol. The maximum atomic E-state index is 12.4. The van der Waals surface area contributed by atoms with Gasteiger partial charge in [-0.05, 0) is 30.5 Å². The monoisotopic (exact) mass is 381 g/mol. The van der Waals surface area contributed by atoms with E-state index in [0.29, 0.717) is 23.8 Å². The fourth-order valence-electron chi connectivity index (χ4n) is 2.28. The van der Waals surface area contributed by atoms with E-state index in [1.165, 1.54) is 16.8 Å². The molecule has 1 heterocycles. The molecule has 0 saturated heterocycles. The van der Waals surface area contributed by atoms with E-state index in [1.807, 2.05) is 0 Å². The molecule has 1 amide bonds.